The average molecular weight is 397 g/mol. The molecule has 5 heteroatoms. The molecule has 2 N–H and O–H groups in total. The molecule has 27 heavy (non-hydrogen) atoms. The van der Waals surface area contributed by atoms with E-state index >= 15 is 0 Å². The highest BCUT2D eigenvalue weighted by atomic mass is 35.5. The van der Waals surface area contributed by atoms with Crippen LogP contribution in [0.2, 0.25) is 10.0 Å². The predicted octanol–water partition coefficient (Wildman–Crippen LogP) is 5.84. The standard InChI is InChI=1S/C22H18Cl2N2O/c1-13-2-11-19(27)18(12-13)22-25-20(14-3-7-16(23)8-4-14)21(26-22)15-5-9-17(24)10-6-15/h2-12,20-21,27H,1H3,(H,25,26)/t20-,21+. The second kappa shape index (κ2) is 7.26. The summed E-state index contributed by atoms with van der Waals surface area (Å²) in [6, 6.07) is 20.8. The summed E-state index contributed by atoms with van der Waals surface area (Å²) >= 11 is 12.1. The summed E-state index contributed by atoms with van der Waals surface area (Å²) in [6.45, 7) is 1.99. The molecular formula is C22H18Cl2N2O. The monoisotopic (exact) mass is 396 g/mol. The van der Waals surface area contributed by atoms with Crippen LogP contribution >= 0.6 is 23.2 Å². The third kappa shape index (κ3) is 3.66. The number of phenols is 1. The Morgan fingerprint density at radius 3 is 2.07 bits per heavy atom. The predicted molar refractivity (Wildman–Crippen MR) is 111 cm³/mol. The van der Waals surface area contributed by atoms with Crippen molar-refractivity contribution >= 4 is 29.0 Å². The topological polar surface area (TPSA) is 44.6 Å². The molecule has 1 heterocycles. The van der Waals surface area contributed by atoms with Gasteiger partial charge in [-0.2, -0.15) is 0 Å². The first-order valence-electron chi connectivity index (χ1n) is 8.66. The zero-order valence-electron chi connectivity index (χ0n) is 14.7. The van der Waals surface area contributed by atoms with Gasteiger partial charge in [-0.25, -0.2) is 0 Å². The number of halogens is 2. The van der Waals surface area contributed by atoms with Crippen LogP contribution in [0.5, 0.6) is 5.75 Å². The molecule has 136 valence electrons. The van der Waals surface area contributed by atoms with Crippen molar-refractivity contribution in [1.82, 2.24) is 5.32 Å². The lowest BCUT2D eigenvalue weighted by atomic mass is 9.95. The number of aryl methyl sites for hydroxylation is 1. The van der Waals surface area contributed by atoms with Crippen LogP contribution in [0.1, 0.15) is 34.3 Å². The highest BCUT2D eigenvalue weighted by Gasteiger charge is 2.32. The second-order valence-corrected chi connectivity index (χ2v) is 7.54. The van der Waals surface area contributed by atoms with E-state index in [4.69, 9.17) is 28.2 Å². The van der Waals surface area contributed by atoms with Gasteiger partial charge in [0.25, 0.3) is 0 Å². The van der Waals surface area contributed by atoms with Gasteiger partial charge in [-0.15, -0.1) is 0 Å². The molecule has 3 aromatic carbocycles. The zero-order valence-corrected chi connectivity index (χ0v) is 16.2. The van der Waals surface area contributed by atoms with Gasteiger partial charge < -0.3 is 10.4 Å². The number of phenolic OH excluding ortho intramolecular Hbond substituents is 1. The minimum absolute atomic E-state index is 0.0710. The van der Waals surface area contributed by atoms with Gasteiger partial charge in [0.1, 0.15) is 17.6 Å². The van der Waals surface area contributed by atoms with Crippen LogP contribution in [0, 0.1) is 6.92 Å². The maximum Gasteiger partial charge on any atom is 0.133 e. The minimum atomic E-state index is -0.140. The maximum atomic E-state index is 10.3. The van der Waals surface area contributed by atoms with Crippen molar-refractivity contribution < 1.29 is 5.11 Å². The molecule has 0 aliphatic carbocycles. The number of hydrogen-bond acceptors (Lipinski definition) is 3. The maximum absolute atomic E-state index is 10.3. The van der Waals surface area contributed by atoms with Crippen molar-refractivity contribution in [3.05, 3.63) is 99.0 Å². The van der Waals surface area contributed by atoms with E-state index in [0.29, 0.717) is 21.4 Å². The summed E-state index contributed by atoms with van der Waals surface area (Å²) < 4.78 is 0. The summed E-state index contributed by atoms with van der Waals surface area (Å²) in [5.41, 5.74) is 3.88. The third-order valence-electron chi connectivity index (χ3n) is 4.72. The van der Waals surface area contributed by atoms with E-state index in [0.717, 1.165) is 16.7 Å². The Morgan fingerprint density at radius 1 is 0.852 bits per heavy atom. The minimum Gasteiger partial charge on any atom is -0.507 e. The van der Waals surface area contributed by atoms with Gasteiger partial charge in [-0.05, 0) is 54.4 Å². The molecule has 0 bridgehead atoms. The van der Waals surface area contributed by atoms with Crippen molar-refractivity contribution in [2.45, 2.75) is 19.0 Å². The Labute approximate surface area is 168 Å². The molecule has 4 rings (SSSR count). The van der Waals surface area contributed by atoms with E-state index in [2.05, 4.69) is 5.32 Å². The molecule has 0 aromatic heterocycles. The molecule has 0 amide bonds. The quantitative estimate of drug-likeness (QED) is 0.583. The smallest absolute Gasteiger partial charge is 0.133 e. The molecule has 0 unspecified atom stereocenters. The molecule has 0 spiro atoms. The molecule has 0 radical (unpaired) electrons. The fourth-order valence-electron chi connectivity index (χ4n) is 3.33. The van der Waals surface area contributed by atoms with Gasteiger partial charge in [0.15, 0.2) is 0 Å². The molecular weight excluding hydrogens is 379 g/mol. The Bertz CT molecular complexity index is 998. The number of hydrogen-bond donors (Lipinski definition) is 2. The van der Waals surface area contributed by atoms with E-state index in [-0.39, 0.29) is 17.8 Å². The molecule has 0 saturated heterocycles. The lowest BCUT2D eigenvalue weighted by Gasteiger charge is -2.20. The van der Waals surface area contributed by atoms with Crippen LogP contribution in [0.15, 0.2) is 71.7 Å². The summed E-state index contributed by atoms with van der Waals surface area (Å²) in [4.78, 5) is 4.91. The normalized spacial score (nSPS) is 18.9. The summed E-state index contributed by atoms with van der Waals surface area (Å²) in [5.74, 6) is 0.884. The Kier molecular flexibility index (Phi) is 4.81. The summed E-state index contributed by atoms with van der Waals surface area (Å²) in [7, 11) is 0. The van der Waals surface area contributed by atoms with Crippen LogP contribution in [-0.2, 0) is 0 Å². The lowest BCUT2D eigenvalue weighted by molar-refractivity contribution is 0.473. The number of aliphatic imine (C=N–C) groups is 1. The number of rotatable bonds is 3. The van der Waals surface area contributed by atoms with Crippen LogP contribution in [0.3, 0.4) is 0 Å². The Hall–Kier alpha value is -2.49. The second-order valence-electron chi connectivity index (χ2n) is 6.67. The number of benzene rings is 3. The van der Waals surface area contributed by atoms with Gasteiger partial charge >= 0.3 is 0 Å². The largest absolute Gasteiger partial charge is 0.507 e. The first-order chi connectivity index (χ1) is 13.0. The molecule has 3 aromatic rings. The molecule has 2 atom stereocenters. The first kappa shape index (κ1) is 17.9. The van der Waals surface area contributed by atoms with Crippen molar-refractivity contribution in [1.29, 1.82) is 0 Å². The van der Waals surface area contributed by atoms with E-state index in [9.17, 15) is 5.11 Å². The third-order valence-corrected chi connectivity index (χ3v) is 5.23. The van der Waals surface area contributed by atoms with Crippen LogP contribution in [-0.4, -0.2) is 10.9 Å². The molecule has 1 aliphatic heterocycles. The highest BCUT2D eigenvalue weighted by Crippen LogP contribution is 2.38. The van der Waals surface area contributed by atoms with Gasteiger partial charge in [0, 0.05) is 10.0 Å². The van der Waals surface area contributed by atoms with E-state index in [1.165, 1.54) is 0 Å². The van der Waals surface area contributed by atoms with Crippen LogP contribution < -0.4 is 5.32 Å². The van der Waals surface area contributed by atoms with E-state index < -0.39 is 0 Å². The average Bonchev–Trinajstić information content (AvgIpc) is 3.10. The van der Waals surface area contributed by atoms with Crippen molar-refractivity contribution in [2.24, 2.45) is 4.99 Å². The highest BCUT2D eigenvalue weighted by molar-refractivity contribution is 6.30. The molecule has 1 aliphatic rings. The van der Waals surface area contributed by atoms with E-state index in [1.807, 2.05) is 67.6 Å². The zero-order chi connectivity index (χ0) is 19.0. The number of aromatic hydroxyl groups is 1. The first-order valence-corrected chi connectivity index (χ1v) is 9.42. The lowest BCUT2D eigenvalue weighted by Crippen LogP contribution is -2.25. The van der Waals surface area contributed by atoms with Crippen molar-refractivity contribution in [3.63, 3.8) is 0 Å². The number of nitrogens with one attached hydrogen (secondary N) is 1. The molecule has 0 saturated carbocycles. The fourth-order valence-corrected chi connectivity index (χ4v) is 3.58. The van der Waals surface area contributed by atoms with Crippen molar-refractivity contribution in [3.8, 4) is 5.75 Å². The SMILES string of the molecule is Cc1ccc(O)c(C2=N[C@H](c3ccc(Cl)cc3)[C@H](c3ccc(Cl)cc3)N2)c1. The molecule has 3 nitrogen and oxygen atoms in total. The van der Waals surface area contributed by atoms with Gasteiger partial charge in [-0.3, -0.25) is 4.99 Å². The van der Waals surface area contributed by atoms with E-state index in [1.54, 1.807) is 6.07 Å². The fraction of sp³-hybridized carbons (Fsp3) is 0.136. The Balaban J connectivity index is 1.78. The summed E-state index contributed by atoms with van der Waals surface area (Å²) in [6.07, 6.45) is 0. The van der Waals surface area contributed by atoms with Gasteiger partial charge in [0.2, 0.25) is 0 Å². The van der Waals surface area contributed by atoms with Crippen molar-refractivity contribution in [2.75, 3.05) is 0 Å². The van der Waals surface area contributed by atoms with Gasteiger partial charge in [-0.1, -0.05) is 59.1 Å². The number of amidine groups is 1. The van der Waals surface area contributed by atoms with Gasteiger partial charge in [0.05, 0.1) is 11.6 Å². The summed E-state index contributed by atoms with van der Waals surface area (Å²) in [5, 5.41) is 15.2. The number of nitrogens with zero attached hydrogens (tertiary/aromatic N) is 1. The Morgan fingerprint density at radius 2 is 1.44 bits per heavy atom. The molecule has 0 fully saturated rings. The van der Waals surface area contributed by atoms with Crippen LogP contribution in [0.25, 0.3) is 0 Å². The van der Waals surface area contributed by atoms with Crippen LogP contribution in [0.4, 0.5) is 0 Å².